The van der Waals surface area contributed by atoms with Gasteiger partial charge in [0.1, 0.15) is 0 Å². The molecule has 2 rings (SSSR count). The maximum atomic E-state index is 11.7. The van der Waals surface area contributed by atoms with E-state index < -0.39 is 11.7 Å². The minimum Gasteiger partial charge on any atom is -0.504 e. The number of carbonyl (C=O) groups is 1. The van der Waals surface area contributed by atoms with Crippen molar-refractivity contribution in [1.82, 2.24) is 5.48 Å². The van der Waals surface area contributed by atoms with Crippen molar-refractivity contribution in [3.63, 3.8) is 0 Å². The van der Waals surface area contributed by atoms with E-state index in [-0.39, 0.29) is 17.9 Å². The molecule has 2 aromatic rings. The Labute approximate surface area is 110 Å². The first-order valence-electron chi connectivity index (χ1n) is 5.65. The molecule has 5 nitrogen and oxygen atoms in total. The van der Waals surface area contributed by atoms with Crippen LogP contribution in [0.4, 0.5) is 0 Å². The predicted molar refractivity (Wildman–Crippen MR) is 68.5 cm³/mol. The number of carbonyl (C=O) groups excluding carboxylic acids is 1. The van der Waals surface area contributed by atoms with Crippen molar-refractivity contribution in [2.45, 2.75) is 6.61 Å². The summed E-state index contributed by atoms with van der Waals surface area (Å²) >= 11 is 0. The van der Waals surface area contributed by atoms with Gasteiger partial charge >= 0.3 is 0 Å². The lowest BCUT2D eigenvalue weighted by Gasteiger charge is -2.08. The van der Waals surface area contributed by atoms with Crippen molar-refractivity contribution in [3.8, 4) is 11.5 Å². The minimum absolute atomic E-state index is 0.0481. The van der Waals surface area contributed by atoms with Gasteiger partial charge in [0.05, 0.1) is 12.2 Å². The van der Waals surface area contributed by atoms with E-state index in [1.807, 2.05) is 30.3 Å². The molecule has 0 unspecified atom stereocenters. The van der Waals surface area contributed by atoms with Crippen LogP contribution in [-0.2, 0) is 11.4 Å². The zero-order valence-electron chi connectivity index (χ0n) is 10.0. The van der Waals surface area contributed by atoms with Gasteiger partial charge in [0.15, 0.2) is 11.5 Å². The number of amides is 1. The molecule has 0 aliphatic heterocycles. The smallest absolute Gasteiger partial charge is 0.278 e. The Morgan fingerprint density at radius 1 is 1.05 bits per heavy atom. The Hall–Kier alpha value is -2.53. The highest BCUT2D eigenvalue weighted by molar-refractivity contribution is 5.96. The molecule has 0 aliphatic carbocycles. The van der Waals surface area contributed by atoms with Crippen LogP contribution in [0.15, 0.2) is 48.5 Å². The number of nitrogens with one attached hydrogen (secondary N) is 1. The lowest BCUT2D eigenvalue weighted by atomic mass is 10.2. The van der Waals surface area contributed by atoms with E-state index in [0.717, 1.165) is 5.56 Å². The molecule has 98 valence electrons. The number of hydrogen-bond acceptors (Lipinski definition) is 4. The average molecular weight is 259 g/mol. The van der Waals surface area contributed by atoms with E-state index in [4.69, 9.17) is 4.84 Å². The summed E-state index contributed by atoms with van der Waals surface area (Å²) in [6.45, 7) is 0.214. The summed E-state index contributed by atoms with van der Waals surface area (Å²) in [6.07, 6.45) is 0. The highest BCUT2D eigenvalue weighted by atomic mass is 16.6. The number of para-hydroxylation sites is 1. The molecule has 0 atom stereocenters. The summed E-state index contributed by atoms with van der Waals surface area (Å²) in [5.41, 5.74) is 3.06. The molecule has 19 heavy (non-hydrogen) atoms. The van der Waals surface area contributed by atoms with E-state index in [9.17, 15) is 15.0 Å². The molecule has 0 bridgehead atoms. The first kappa shape index (κ1) is 12.9. The van der Waals surface area contributed by atoms with E-state index >= 15 is 0 Å². The van der Waals surface area contributed by atoms with Crippen LogP contribution in [0.2, 0.25) is 0 Å². The molecular weight excluding hydrogens is 246 g/mol. The molecule has 2 aromatic carbocycles. The van der Waals surface area contributed by atoms with Gasteiger partial charge in [-0.1, -0.05) is 36.4 Å². The molecule has 0 fully saturated rings. The summed E-state index contributed by atoms with van der Waals surface area (Å²) in [5.74, 6) is -1.44. The zero-order valence-corrected chi connectivity index (χ0v) is 10.0. The summed E-state index contributed by atoms with van der Waals surface area (Å²) in [6, 6.07) is 13.5. The monoisotopic (exact) mass is 259 g/mol. The number of phenols is 2. The summed E-state index contributed by atoms with van der Waals surface area (Å²) < 4.78 is 0. The summed E-state index contributed by atoms with van der Waals surface area (Å²) in [7, 11) is 0. The number of aromatic hydroxyl groups is 2. The average Bonchev–Trinajstić information content (AvgIpc) is 2.43. The van der Waals surface area contributed by atoms with Gasteiger partial charge in [-0.3, -0.25) is 9.63 Å². The topological polar surface area (TPSA) is 78.8 Å². The predicted octanol–water partition coefficient (Wildman–Crippen LogP) is 1.96. The van der Waals surface area contributed by atoms with Crippen LogP contribution in [-0.4, -0.2) is 16.1 Å². The standard InChI is InChI=1S/C14H13NO4/c16-12-8-4-7-11(13(12)17)14(18)15-19-9-10-5-2-1-3-6-10/h1-8,16-17H,9H2,(H,15,18). The van der Waals surface area contributed by atoms with Gasteiger partial charge < -0.3 is 10.2 Å². The van der Waals surface area contributed by atoms with Gasteiger partial charge in [-0.2, -0.15) is 0 Å². The first-order valence-corrected chi connectivity index (χ1v) is 5.65. The van der Waals surface area contributed by atoms with Crippen LogP contribution in [0, 0.1) is 0 Å². The number of phenolic OH excluding ortho intramolecular Hbond substituents is 2. The fourth-order valence-electron chi connectivity index (χ4n) is 1.53. The molecule has 0 spiro atoms. The molecular formula is C14H13NO4. The molecule has 1 amide bonds. The maximum absolute atomic E-state index is 11.7. The van der Waals surface area contributed by atoms with Gasteiger partial charge in [-0.05, 0) is 17.7 Å². The number of benzene rings is 2. The second kappa shape index (κ2) is 5.88. The molecule has 0 aliphatic rings. The van der Waals surface area contributed by atoms with Gasteiger partial charge in [-0.25, -0.2) is 5.48 Å². The summed E-state index contributed by atoms with van der Waals surface area (Å²) in [4.78, 5) is 16.7. The Bertz CT molecular complexity index is 569. The molecule has 0 saturated carbocycles. The third-order valence-electron chi connectivity index (χ3n) is 2.51. The summed E-state index contributed by atoms with van der Waals surface area (Å²) in [5, 5.41) is 18.8. The highest BCUT2D eigenvalue weighted by Crippen LogP contribution is 2.27. The van der Waals surface area contributed by atoms with E-state index in [1.54, 1.807) is 0 Å². The molecule has 5 heteroatoms. The van der Waals surface area contributed by atoms with E-state index in [0.29, 0.717) is 0 Å². The zero-order chi connectivity index (χ0) is 13.7. The first-order chi connectivity index (χ1) is 9.18. The fraction of sp³-hybridized carbons (Fsp3) is 0.0714. The second-order valence-corrected chi connectivity index (χ2v) is 3.88. The maximum Gasteiger partial charge on any atom is 0.278 e. The quantitative estimate of drug-likeness (QED) is 0.579. The van der Waals surface area contributed by atoms with Crippen LogP contribution in [0.3, 0.4) is 0 Å². The van der Waals surface area contributed by atoms with Crippen LogP contribution in [0.25, 0.3) is 0 Å². The SMILES string of the molecule is O=C(NOCc1ccccc1)c1cccc(O)c1O. The Kier molecular flexibility index (Phi) is 4.00. The second-order valence-electron chi connectivity index (χ2n) is 3.88. The molecule has 3 N–H and O–H groups in total. The Morgan fingerprint density at radius 2 is 1.79 bits per heavy atom. The Morgan fingerprint density at radius 3 is 2.53 bits per heavy atom. The van der Waals surface area contributed by atoms with Gasteiger partial charge in [0.2, 0.25) is 0 Å². The van der Waals surface area contributed by atoms with Crippen molar-refractivity contribution < 1.29 is 19.8 Å². The third-order valence-corrected chi connectivity index (χ3v) is 2.51. The van der Waals surface area contributed by atoms with Gasteiger partial charge in [0, 0.05) is 0 Å². The number of rotatable bonds is 4. The van der Waals surface area contributed by atoms with Crippen LogP contribution in [0.1, 0.15) is 15.9 Å². The molecule has 0 heterocycles. The van der Waals surface area contributed by atoms with Crippen molar-refractivity contribution in [1.29, 1.82) is 0 Å². The number of hydroxylamine groups is 1. The molecule has 0 radical (unpaired) electrons. The van der Waals surface area contributed by atoms with Gasteiger partial charge in [0.25, 0.3) is 5.91 Å². The van der Waals surface area contributed by atoms with Crippen LogP contribution < -0.4 is 5.48 Å². The van der Waals surface area contributed by atoms with Crippen molar-refractivity contribution in [3.05, 3.63) is 59.7 Å². The highest BCUT2D eigenvalue weighted by Gasteiger charge is 2.13. The normalized spacial score (nSPS) is 10.1. The van der Waals surface area contributed by atoms with Crippen molar-refractivity contribution >= 4 is 5.91 Å². The van der Waals surface area contributed by atoms with E-state index in [2.05, 4.69) is 5.48 Å². The largest absolute Gasteiger partial charge is 0.504 e. The Balaban J connectivity index is 1.93. The van der Waals surface area contributed by atoms with Crippen LogP contribution in [0.5, 0.6) is 11.5 Å². The third kappa shape index (κ3) is 3.23. The minimum atomic E-state index is -0.621. The lowest BCUT2D eigenvalue weighted by molar-refractivity contribution is 0.0231. The molecule has 0 aromatic heterocycles. The molecule has 0 saturated heterocycles. The fourth-order valence-corrected chi connectivity index (χ4v) is 1.53. The van der Waals surface area contributed by atoms with E-state index in [1.165, 1.54) is 18.2 Å². The lowest BCUT2D eigenvalue weighted by Crippen LogP contribution is -2.23. The van der Waals surface area contributed by atoms with Crippen molar-refractivity contribution in [2.75, 3.05) is 0 Å². The van der Waals surface area contributed by atoms with Crippen LogP contribution >= 0.6 is 0 Å². The van der Waals surface area contributed by atoms with Gasteiger partial charge in [-0.15, -0.1) is 0 Å². The van der Waals surface area contributed by atoms with Crippen molar-refractivity contribution in [2.24, 2.45) is 0 Å². The number of hydrogen-bond donors (Lipinski definition) is 3.